The monoisotopic (exact) mass is 317 g/mol. The highest BCUT2D eigenvalue weighted by Crippen LogP contribution is 2.08. The number of carbonyl (C=O) groups is 2. The van der Waals surface area contributed by atoms with E-state index in [4.69, 9.17) is 0 Å². The molecule has 116 valence electrons. The molecule has 0 spiro atoms. The fraction of sp³-hybridized carbons (Fsp3) is 0.312. The topological polar surface area (TPSA) is 62.3 Å². The lowest BCUT2D eigenvalue weighted by Crippen LogP contribution is -2.37. The molecule has 0 unspecified atom stereocenters. The first kappa shape index (κ1) is 16.2. The van der Waals surface area contributed by atoms with E-state index in [0.717, 1.165) is 10.4 Å². The van der Waals surface area contributed by atoms with Crippen LogP contribution in [0.15, 0.2) is 42.0 Å². The fourth-order valence-electron chi connectivity index (χ4n) is 2.02. The van der Waals surface area contributed by atoms with E-state index in [9.17, 15) is 9.59 Å². The van der Waals surface area contributed by atoms with Crippen LogP contribution < -0.4 is 5.32 Å². The molecule has 2 rings (SSSR count). The Morgan fingerprint density at radius 1 is 1.32 bits per heavy atom. The van der Waals surface area contributed by atoms with E-state index >= 15 is 0 Å². The number of nitrogens with zero attached hydrogens (tertiary/aromatic N) is 2. The van der Waals surface area contributed by atoms with Gasteiger partial charge in [-0.1, -0.05) is 12.1 Å². The summed E-state index contributed by atoms with van der Waals surface area (Å²) >= 11 is 1.57. The molecule has 5 nitrogen and oxygen atoms in total. The normalized spacial score (nSPS) is 10.2. The van der Waals surface area contributed by atoms with Gasteiger partial charge in [0.15, 0.2) is 0 Å². The summed E-state index contributed by atoms with van der Waals surface area (Å²) < 4.78 is 0. The molecule has 0 saturated heterocycles. The predicted octanol–water partition coefficient (Wildman–Crippen LogP) is 1.85. The number of nitrogens with one attached hydrogen (secondary N) is 1. The number of hydrogen-bond donors (Lipinski definition) is 1. The summed E-state index contributed by atoms with van der Waals surface area (Å²) in [5.74, 6) is -0.0383. The van der Waals surface area contributed by atoms with Crippen molar-refractivity contribution in [2.45, 2.75) is 19.9 Å². The highest BCUT2D eigenvalue weighted by atomic mass is 32.1. The quantitative estimate of drug-likeness (QED) is 0.848. The molecular formula is C16H19N3O2S. The van der Waals surface area contributed by atoms with E-state index in [1.54, 1.807) is 28.6 Å². The van der Waals surface area contributed by atoms with Gasteiger partial charge in [0.05, 0.1) is 6.42 Å². The minimum Gasteiger partial charge on any atom is -0.354 e. The maximum atomic E-state index is 11.8. The minimum atomic E-state index is -0.0210. The summed E-state index contributed by atoms with van der Waals surface area (Å²) in [6, 6.07) is 7.64. The van der Waals surface area contributed by atoms with Gasteiger partial charge < -0.3 is 10.2 Å². The SMILES string of the molecule is CC(=O)N(CCNC(=O)Cc1cccs1)Cc1cccnc1. The summed E-state index contributed by atoms with van der Waals surface area (Å²) in [6.45, 7) is 2.97. The molecule has 2 aromatic heterocycles. The number of thiophene rings is 1. The van der Waals surface area contributed by atoms with Gasteiger partial charge in [-0.3, -0.25) is 14.6 Å². The smallest absolute Gasteiger partial charge is 0.225 e. The van der Waals surface area contributed by atoms with Crippen molar-refractivity contribution in [1.29, 1.82) is 0 Å². The lowest BCUT2D eigenvalue weighted by atomic mass is 10.2. The highest BCUT2D eigenvalue weighted by Gasteiger charge is 2.10. The minimum absolute atomic E-state index is 0.0173. The summed E-state index contributed by atoms with van der Waals surface area (Å²) in [6.07, 6.45) is 3.83. The molecule has 1 N–H and O–H groups in total. The Morgan fingerprint density at radius 3 is 2.82 bits per heavy atom. The number of aromatic nitrogens is 1. The first-order valence-electron chi connectivity index (χ1n) is 7.08. The van der Waals surface area contributed by atoms with Gasteiger partial charge >= 0.3 is 0 Å². The van der Waals surface area contributed by atoms with Crippen LogP contribution in [0.4, 0.5) is 0 Å². The van der Waals surface area contributed by atoms with Crippen LogP contribution in [-0.2, 0) is 22.6 Å². The molecule has 0 saturated carbocycles. The highest BCUT2D eigenvalue weighted by molar-refractivity contribution is 7.10. The van der Waals surface area contributed by atoms with E-state index in [2.05, 4.69) is 10.3 Å². The average Bonchev–Trinajstić information content (AvgIpc) is 3.00. The van der Waals surface area contributed by atoms with Crippen LogP contribution in [0.25, 0.3) is 0 Å². The summed E-state index contributed by atoms with van der Waals surface area (Å²) in [4.78, 5) is 30.3. The first-order chi connectivity index (χ1) is 10.6. The van der Waals surface area contributed by atoms with Crippen LogP contribution in [0.2, 0.25) is 0 Å². The zero-order valence-electron chi connectivity index (χ0n) is 12.5. The molecule has 0 bridgehead atoms. The van der Waals surface area contributed by atoms with Gasteiger partial charge in [0, 0.05) is 43.8 Å². The van der Waals surface area contributed by atoms with Crippen LogP contribution in [0.5, 0.6) is 0 Å². The maximum absolute atomic E-state index is 11.8. The van der Waals surface area contributed by atoms with Crippen LogP contribution in [0.1, 0.15) is 17.4 Å². The Hall–Kier alpha value is -2.21. The largest absolute Gasteiger partial charge is 0.354 e. The molecule has 2 aromatic rings. The van der Waals surface area contributed by atoms with Gasteiger partial charge in [0.25, 0.3) is 0 Å². The Balaban J connectivity index is 1.77. The van der Waals surface area contributed by atoms with Gasteiger partial charge in [-0.2, -0.15) is 0 Å². The third kappa shape index (κ3) is 5.29. The molecule has 0 radical (unpaired) electrons. The van der Waals surface area contributed by atoms with Crippen LogP contribution in [0, 0.1) is 0 Å². The Kier molecular flexibility index (Phi) is 6.09. The molecule has 0 aliphatic carbocycles. The van der Waals surface area contributed by atoms with Gasteiger partial charge in [0.1, 0.15) is 0 Å². The molecule has 6 heteroatoms. The van der Waals surface area contributed by atoms with Gasteiger partial charge in [-0.05, 0) is 23.1 Å². The van der Waals surface area contributed by atoms with Crippen LogP contribution >= 0.6 is 11.3 Å². The van der Waals surface area contributed by atoms with Crippen molar-refractivity contribution < 1.29 is 9.59 Å². The van der Waals surface area contributed by atoms with E-state index in [1.807, 2.05) is 29.6 Å². The van der Waals surface area contributed by atoms with Crippen molar-refractivity contribution in [3.8, 4) is 0 Å². The van der Waals surface area contributed by atoms with E-state index in [0.29, 0.717) is 26.1 Å². The third-order valence-electron chi connectivity index (χ3n) is 3.16. The van der Waals surface area contributed by atoms with Crippen molar-refractivity contribution in [3.05, 3.63) is 52.5 Å². The number of carbonyl (C=O) groups excluding carboxylic acids is 2. The number of pyridine rings is 1. The zero-order chi connectivity index (χ0) is 15.8. The second-order valence-corrected chi connectivity index (χ2v) is 5.94. The van der Waals surface area contributed by atoms with E-state index in [1.165, 1.54) is 6.92 Å². The van der Waals surface area contributed by atoms with Gasteiger partial charge in [-0.25, -0.2) is 0 Å². The summed E-state index contributed by atoms with van der Waals surface area (Å²) in [5.41, 5.74) is 0.975. The molecule has 22 heavy (non-hydrogen) atoms. The molecule has 2 heterocycles. The Morgan fingerprint density at radius 2 is 2.18 bits per heavy atom. The predicted molar refractivity (Wildman–Crippen MR) is 86.4 cm³/mol. The summed E-state index contributed by atoms with van der Waals surface area (Å²) in [5, 5.41) is 4.80. The third-order valence-corrected chi connectivity index (χ3v) is 4.04. The molecule has 0 aliphatic rings. The van der Waals surface area contributed by atoms with Crippen LogP contribution in [-0.4, -0.2) is 34.8 Å². The van der Waals surface area contributed by atoms with Crippen molar-refractivity contribution >= 4 is 23.2 Å². The van der Waals surface area contributed by atoms with Gasteiger partial charge in [-0.15, -0.1) is 11.3 Å². The van der Waals surface area contributed by atoms with Crippen molar-refractivity contribution in [3.63, 3.8) is 0 Å². The van der Waals surface area contributed by atoms with Crippen molar-refractivity contribution in [2.24, 2.45) is 0 Å². The molecule has 0 aromatic carbocycles. The second kappa shape index (κ2) is 8.29. The van der Waals surface area contributed by atoms with E-state index < -0.39 is 0 Å². The number of rotatable bonds is 7. The van der Waals surface area contributed by atoms with Crippen LogP contribution in [0.3, 0.4) is 0 Å². The Bertz CT molecular complexity index is 599. The number of amides is 2. The van der Waals surface area contributed by atoms with Crippen molar-refractivity contribution in [2.75, 3.05) is 13.1 Å². The lowest BCUT2D eigenvalue weighted by molar-refractivity contribution is -0.130. The molecule has 0 atom stereocenters. The van der Waals surface area contributed by atoms with Crippen molar-refractivity contribution in [1.82, 2.24) is 15.2 Å². The van der Waals surface area contributed by atoms with E-state index in [-0.39, 0.29) is 11.8 Å². The maximum Gasteiger partial charge on any atom is 0.225 e. The first-order valence-corrected chi connectivity index (χ1v) is 7.96. The molecule has 2 amide bonds. The molecule has 0 fully saturated rings. The second-order valence-electron chi connectivity index (χ2n) is 4.91. The number of hydrogen-bond acceptors (Lipinski definition) is 4. The van der Waals surface area contributed by atoms with Gasteiger partial charge in [0.2, 0.25) is 11.8 Å². The molecular weight excluding hydrogens is 298 g/mol. The molecule has 0 aliphatic heterocycles. The average molecular weight is 317 g/mol. The fourth-order valence-corrected chi connectivity index (χ4v) is 2.73. The Labute approximate surface area is 134 Å². The lowest BCUT2D eigenvalue weighted by Gasteiger charge is -2.21. The standard InChI is InChI=1S/C16H19N3O2S/c1-13(20)19(12-14-4-2-6-17-11-14)8-7-18-16(21)10-15-5-3-9-22-15/h2-6,9,11H,7-8,10,12H2,1H3,(H,18,21). The zero-order valence-corrected chi connectivity index (χ0v) is 13.3. The summed E-state index contributed by atoms with van der Waals surface area (Å²) in [7, 11) is 0.